The van der Waals surface area contributed by atoms with Gasteiger partial charge in [0.25, 0.3) is 0 Å². The summed E-state index contributed by atoms with van der Waals surface area (Å²) in [7, 11) is 0. The van der Waals surface area contributed by atoms with Crippen molar-refractivity contribution in [2.75, 3.05) is 29.9 Å². The Morgan fingerprint density at radius 2 is 1.73 bits per heavy atom. The van der Waals surface area contributed by atoms with Gasteiger partial charge in [-0.3, -0.25) is 4.79 Å². The predicted octanol–water partition coefficient (Wildman–Crippen LogP) is 4.29. The molecule has 0 aliphatic rings. The van der Waals surface area contributed by atoms with Crippen molar-refractivity contribution in [3.05, 3.63) is 48.2 Å². The van der Waals surface area contributed by atoms with Crippen LogP contribution in [0.5, 0.6) is 5.75 Å². The number of pyridine rings is 1. The number of nitrogens with one attached hydrogen (secondary N) is 1. The zero-order valence-electron chi connectivity index (χ0n) is 16.0. The molecule has 5 heteroatoms. The molecule has 0 saturated heterocycles. The van der Waals surface area contributed by atoms with E-state index in [1.165, 1.54) is 0 Å². The molecule has 0 saturated carbocycles. The third-order valence-corrected chi connectivity index (χ3v) is 3.94. The molecule has 0 aliphatic heterocycles. The van der Waals surface area contributed by atoms with Crippen LogP contribution in [-0.4, -0.2) is 30.6 Å². The summed E-state index contributed by atoms with van der Waals surface area (Å²) in [6, 6.07) is 11.5. The van der Waals surface area contributed by atoms with Crippen LogP contribution in [0.25, 0.3) is 0 Å². The monoisotopic (exact) mass is 355 g/mol. The number of amides is 1. The number of hydrogen-bond acceptors (Lipinski definition) is 4. The summed E-state index contributed by atoms with van der Waals surface area (Å²) in [6.45, 7) is 8.89. The van der Waals surface area contributed by atoms with Crippen molar-refractivity contribution in [1.82, 2.24) is 4.98 Å². The zero-order valence-corrected chi connectivity index (χ0v) is 16.0. The van der Waals surface area contributed by atoms with Crippen molar-refractivity contribution in [3.8, 4) is 5.75 Å². The number of nitrogens with zero attached hydrogens (tertiary/aromatic N) is 2. The summed E-state index contributed by atoms with van der Waals surface area (Å²) in [5.41, 5.74) is 1.67. The summed E-state index contributed by atoms with van der Waals surface area (Å²) < 4.78 is 5.41. The Bertz CT molecular complexity index is 663. The highest BCUT2D eigenvalue weighted by Crippen LogP contribution is 2.16. The number of rotatable bonds is 10. The van der Waals surface area contributed by atoms with E-state index < -0.39 is 0 Å². The number of anilines is 2. The van der Waals surface area contributed by atoms with E-state index in [1.54, 1.807) is 6.20 Å². The van der Waals surface area contributed by atoms with Crippen molar-refractivity contribution < 1.29 is 9.53 Å². The molecule has 26 heavy (non-hydrogen) atoms. The largest absolute Gasteiger partial charge is 0.494 e. The Kier molecular flexibility index (Phi) is 7.93. The predicted molar refractivity (Wildman–Crippen MR) is 107 cm³/mol. The van der Waals surface area contributed by atoms with Gasteiger partial charge < -0.3 is 15.0 Å². The van der Waals surface area contributed by atoms with Gasteiger partial charge in [-0.25, -0.2) is 4.98 Å². The number of hydrogen-bond donors (Lipinski definition) is 1. The summed E-state index contributed by atoms with van der Waals surface area (Å²) in [6.07, 6.45) is 4.22. The van der Waals surface area contributed by atoms with Gasteiger partial charge in [-0.2, -0.15) is 0 Å². The lowest BCUT2D eigenvalue weighted by Gasteiger charge is -2.22. The summed E-state index contributed by atoms with van der Waals surface area (Å²) in [5, 5.41) is 2.91. The average molecular weight is 355 g/mol. The Labute approximate surface area is 156 Å². The first-order valence-electron chi connectivity index (χ1n) is 9.38. The van der Waals surface area contributed by atoms with E-state index in [9.17, 15) is 4.79 Å². The smallest absolute Gasteiger partial charge is 0.228 e. The highest BCUT2D eigenvalue weighted by atomic mass is 16.5. The van der Waals surface area contributed by atoms with Crippen molar-refractivity contribution in [1.29, 1.82) is 0 Å². The molecule has 140 valence electrons. The van der Waals surface area contributed by atoms with Crippen LogP contribution in [0.15, 0.2) is 42.6 Å². The second-order valence-electron chi connectivity index (χ2n) is 6.19. The Balaban J connectivity index is 1.92. The molecule has 2 aromatic rings. The first-order chi connectivity index (χ1) is 12.7. The molecule has 0 aliphatic carbocycles. The van der Waals surface area contributed by atoms with Crippen LogP contribution in [-0.2, 0) is 11.2 Å². The number of carbonyl (C=O) groups is 1. The lowest BCUT2D eigenvalue weighted by molar-refractivity contribution is -0.115. The van der Waals surface area contributed by atoms with Gasteiger partial charge in [-0.1, -0.05) is 26.0 Å². The first-order valence-corrected chi connectivity index (χ1v) is 9.38. The Morgan fingerprint density at radius 3 is 2.27 bits per heavy atom. The normalized spacial score (nSPS) is 10.4. The summed E-state index contributed by atoms with van der Waals surface area (Å²) >= 11 is 0. The Morgan fingerprint density at radius 1 is 1.04 bits per heavy atom. The van der Waals surface area contributed by atoms with Crippen LogP contribution in [0.4, 0.5) is 11.5 Å². The second-order valence-corrected chi connectivity index (χ2v) is 6.19. The van der Waals surface area contributed by atoms with E-state index in [-0.39, 0.29) is 5.91 Å². The molecule has 5 nitrogen and oxygen atoms in total. The van der Waals surface area contributed by atoms with Gasteiger partial charge in [0.2, 0.25) is 5.91 Å². The van der Waals surface area contributed by atoms with Crippen LogP contribution >= 0.6 is 0 Å². The lowest BCUT2D eigenvalue weighted by Crippen LogP contribution is -2.25. The molecule has 1 amide bonds. The lowest BCUT2D eigenvalue weighted by atomic mass is 10.1. The van der Waals surface area contributed by atoms with Gasteiger partial charge >= 0.3 is 0 Å². The highest BCUT2D eigenvalue weighted by molar-refractivity contribution is 5.92. The van der Waals surface area contributed by atoms with E-state index in [0.29, 0.717) is 13.0 Å². The fourth-order valence-electron chi connectivity index (χ4n) is 2.79. The van der Waals surface area contributed by atoms with Gasteiger partial charge in [0.15, 0.2) is 0 Å². The van der Waals surface area contributed by atoms with Crippen LogP contribution in [0.3, 0.4) is 0 Å². The third-order valence-electron chi connectivity index (χ3n) is 3.94. The van der Waals surface area contributed by atoms with Gasteiger partial charge in [-0.05, 0) is 49.6 Å². The topological polar surface area (TPSA) is 54.5 Å². The molecular formula is C21H29N3O2. The number of benzene rings is 1. The molecule has 1 aromatic carbocycles. The minimum absolute atomic E-state index is 0.0531. The quantitative estimate of drug-likeness (QED) is 0.691. The maximum Gasteiger partial charge on any atom is 0.228 e. The number of aromatic nitrogens is 1. The molecule has 2 rings (SSSR count). The molecule has 0 unspecified atom stereocenters. The Hall–Kier alpha value is -2.56. The average Bonchev–Trinajstić information content (AvgIpc) is 2.64. The minimum Gasteiger partial charge on any atom is -0.494 e. The van der Waals surface area contributed by atoms with Gasteiger partial charge in [0.05, 0.1) is 24.9 Å². The molecular weight excluding hydrogens is 326 g/mol. The molecule has 1 heterocycles. The molecule has 0 spiro atoms. The summed E-state index contributed by atoms with van der Waals surface area (Å²) in [4.78, 5) is 19.0. The number of ether oxygens (including phenoxy) is 1. The van der Waals surface area contributed by atoms with E-state index in [1.807, 2.05) is 43.3 Å². The maximum atomic E-state index is 12.2. The molecule has 1 N–H and O–H groups in total. The SMILES string of the molecule is CCCN(CCC)c1ccc(NC(=O)Cc2ccc(OCC)cc2)cn1. The van der Waals surface area contributed by atoms with Crippen molar-refractivity contribution in [2.24, 2.45) is 0 Å². The fraction of sp³-hybridized carbons (Fsp3) is 0.429. The van der Waals surface area contributed by atoms with E-state index in [4.69, 9.17) is 4.74 Å². The molecule has 0 bridgehead atoms. The van der Waals surface area contributed by atoms with E-state index >= 15 is 0 Å². The van der Waals surface area contributed by atoms with Gasteiger partial charge in [0.1, 0.15) is 11.6 Å². The third kappa shape index (κ3) is 6.06. The van der Waals surface area contributed by atoms with Crippen molar-refractivity contribution in [3.63, 3.8) is 0 Å². The number of carbonyl (C=O) groups excluding carboxylic acids is 1. The summed E-state index contributed by atoms with van der Waals surface area (Å²) in [5.74, 6) is 1.72. The maximum absolute atomic E-state index is 12.2. The molecule has 0 fully saturated rings. The van der Waals surface area contributed by atoms with E-state index in [0.717, 1.165) is 48.7 Å². The highest BCUT2D eigenvalue weighted by Gasteiger charge is 2.08. The van der Waals surface area contributed by atoms with Crippen LogP contribution in [0.2, 0.25) is 0 Å². The minimum atomic E-state index is -0.0531. The molecule has 1 aromatic heterocycles. The zero-order chi connectivity index (χ0) is 18.8. The molecule has 0 radical (unpaired) electrons. The van der Waals surface area contributed by atoms with Gasteiger partial charge in [0, 0.05) is 13.1 Å². The molecule has 0 atom stereocenters. The van der Waals surface area contributed by atoms with Crippen LogP contribution in [0, 0.1) is 0 Å². The van der Waals surface area contributed by atoms with Crippen molar-refractivity contribution >= 4 is 17.4 Å². The van der Waals surface area contributed by atoms with Crippen LogP contribution < -0.4 is 15.0 Å². The first kappa shape index (κ1) is 19.8. The standard InChI is InChI=1S/C21H29N3O2/c1-4-13-24(14-5-2)20-12-9-18(16-22-20)23-21(25)15-17-7-10-19(11-8-17)26-6-3/h7-12,16H,4-6,13-15H2,1-3H3,(H,23,25). The van der Waals surface area contributed by atoms with E-state index in [2.05, 4.69) is 29.0 Å². The second kappa shape index (κ2) is 10.4. The van der Waals surface area contributed by atoms with Crippen molar-refractivity contribution in [2.45, 2.75) is 40.0 Å². The fourth-order valence-corrected chi connectivity index (χ4v) is 2.79. The van der Waals surface area contributed by atoms with Crippen LogP contribution in [0.1, 0.15) is 39.2 Å². The van der Waals surface area contributed by atoms with Gasteiger partial charge in [-0.15, -0.1) is 0 Å².